The normalized spacial score (nSPS) is 15.1. The van der Waals surface area contributed by atoms with Gasteiger partial charge < -0.3 is 15.0 Å². The average molecular weight is 313 g/mol. The maximum atomic E-state index is 12.2. The second-order valence-electron chi connectivity index (χ2n) is 5.45. The fraction of sp³-hybridized carbons (Fsp3) is 0.562. The van der Waals surface area contributed by atoms with E-state index in [1.807, 2.05) is 31.3 Å². The molecule has 0 saturated carbocycles. The van der Waals surface area contributed by atoms with Gasteiger partial charge in [0, 0.05) is 13.0 Å². The smallest absolute Gasteiger partial charge is 0.225 e. The molecule has 1 aliphatic rings. The quantitative estimate of drug-likeness (QED) is 0.907. The van der Waals surface area contributed by atoms with Gasteiger partial charge in [0.25, 0.3) is 0 Å². The number of hydrogen-bond acceptors (Lipinski definition) is 3. The number of hydrogen-bond donors (Lipinski definition) is 1. The van der Waals surface area contributed by atoms with Gasteiger partial charge in [-0.15, -0.1) is 12.4 Å². The van der Waals surface area contributed by atoms with Gasteiger partial charge in [-0.25, -0.2) is 0 Å². The Kier molecular flexibility index (Phi) is 7.54. The third-order valence-electron chi connectivity index (χ3n) is 3.78. The Morgan fingerprint density at radius 2 is 1.90 bits per heavy atom. The highest BCUT2D eigenvalue weighted by Crippen LogP contribution is 2.15. The van der Waals surface area contributed by atoms with Crippen molar-refractivity contribution in [1.82, 2.24) is 10.2 Å². The molecule has 1 saturated heterocycles. The van der Waals surface area contributed by atoms with Crippen LogP contribution >= 0.6 is 12.4 Å². The number of piperidine rings is 1. The van der Waals surface area contributed by atoms with Gasteiger partial charge in [-0.05, 0) is 45.0 Å². The van der Waals surface area contributed by atoms with Crippen molar-refractivity contribution in [2.24, 2.45) is 5.92 Å². The van der Waals surface area contributed by atoms with Crippen LogP contribution in [-0.4, -0.2) is 44.1 Å². The van der Waals surface area contributed by atoms with E-state index in [1.165, 1.54) is 5.56 Å². The lowest BCUT2D eigenvalue weighted by atomic mass is 9.97. The third kappa shape index (κ3) is 5.56. The van der Waals surface area contributed by atoms with Gasteiger partial charge in [0.05, 0.1) is 6.54 Å². The first-order valence-electron chi connectivity index (χ1n) is 7.32. The fourth-order valence-corrected chi connectivity index (χ4v) is 2.43. The summed E-state index contributed by atoms with van der Waals surface area (Å²) in [5.41, 5.74) is 1.22. The van der Waals surface area contributed by atoms with Crippen molar-refractivity contribution >= 4 is 18.3 Å². The van der Waals surface area contributed by atoms with Gasteiger partial charge in [-0.1, -0.05) is 17.7 Å². The summed E-state index contributed by atoms with van der Waals surface area (Å²) >= 11 is 0. The fourth-order valence-electron chi connectivity index (χ4n) is 2.43. The van der Waals surface area contributed by atoms with Crippen molar-refractivity contribution in [3.05, 3.63) is 29.8 Å². The van der Waals surface area contributed by atoms with Crippen LogP contribution in [0.4, 0.5) is 0 Å². The second-order valence-corrected chi connectivity index (χ2v) is 5.45. The summed E-state index contributed by atoms with van der Waals surface area (Å²) in [7, 11) is 1.86. The zero-order chi connectivity index (χ0) is 14.4. The highest BCUT2D eigenvalue weighted by molar-refractivity contribution is 5.85. The number of carbonyl (C=O) groups excluding carboxylic acids is 1. The van der Waals surface area contributed by atoms with Gasteiger partial charge in [-0.3, -0.25) is 4.79 Å². The molecule has 21 heavy (non-hydrogen) atoms. The van der Waals surface area contributed by atoms with E-state index < -0.39 is 0 Å². The zero-order valence-corrected chi connectivity index (χ0v) is 13.6. The Morgan fingerprint density at radius 1 is 1.29 bits per heavy atom. The topological polar surface area (TPSA) is 41.6 Å². The first kappa shape index (κ1) is 17.8. The molecule has 1 fully saturated rings. The predicted molar refractivity (Wildman–Crippen MR) is 87.2 cm³/mol. The standard InChI is InChI=1S/C16H24N2O2.ClH/c1-13-3-5-15(6-4-13)20-12-11-18(2)16(19)14-7-9-17-10-8-14;/h3-6,14,17H,7-12H2,1-2H3;1H. The number of rotatable bonds is 5. The van der Waals surface area contributed by atoms with E-state index in [0.717, 1.165) is 31.7 Å². The molecular weight excluding hydrogens is 288 g/mol. The van der Waals surface area contributed by atoms with Crippen molar-refractivity contribution in [3.8, 4) is 5.75 Å². The van der Waals surface area contributed by atoms with Gasteiger partial charge in [0.15, 0.2) is 0 Å². The van der Waals surface area contributed by atoms with E-state index in [2.05, 4.69) is 12.2 Å². The lowest BCUT2D eigenvalue weighted by molar-refractivity contribution is -0.135. The number of amides is 1. The Hall–Kier alpha value is -1.26. The molecule has 0 aromatic heterocycles. The maximum absolute atomic E-state index is 12.2. The van der Waals surface area contributed by atoms with Crippen LogP contribution in [0, 0.1) is 12.8 Å². The monoisotopic (exact) mass is 312 g/mol. The molecule has 0 spiro atoms. The minimum atomic E-state index is 0. The molecule has 4 nitrogen and oxygen atoms in total. The van der Waals surface area contributed by atoms with Crippen LogP contribution in [0.15, 0.2) is 24.3 Å². The minimum Gasteiger partial charge on any atom is -0.492 e. The summed E-state index contributed by atoms with van der Waals surface area (Å²) < 4.78 is 5.66. The van der Waals surface area contributed by atoms with E-state index in [9.17, 15) is 4.79 Å². The van der Waals surface area contributed by atoms with E-state index in [0.29, 0.717) is 13.2 Å². The molecule has 0 atom stereocenters. The number of nitrogens with zero attached hydrogens (tertiary/aromatic N) is 1. The van der Waals surface area contributed by atoms with E-state index in [1.54, 1.807) is 4.90 Å². The number of aryl methyl sites for hydroxylation is 1. The molecule has 5 heteroatoms. The van der Waals surface area contributed by atoms with Crippen molar-refractivity contribution in [3.63, 3.8) is 0 Å². The van der Waals surface area contributed by atoms with Crippen LogP contribution in [0.25, 0.3) is 0 Å². The molecule has 1 N–H and O–H groups in total. The molecule has 1 heterocycles. The van der Waals surface area contributed by atoms with Gasteiger partial charge in [0.1, 0.15) is 12.4 Å². The third-order valence-corrected chi connectivity index (χ3v) is 3.78. The van der Waals surface area contributed by atoms with Crippen molar-refractivity contribution in [1.29, 1.82) is 0 Å². The van der Waals surface area contributed by atoms with Crippen molar-refractivity contribution in [2.45, 2.75) is 19.8 Å². The minimum absolute atomic E-state index is 0. The average Bonchev–Trinajstić information content (AvgIpc) is 2.49. The number of ether oxygens (including phenoxy) is 1. The summed E-state index contributed by atoms with van der Waals surface area (Å²) in [5, 5.41) is 3.28. The van der Waals surface area contributed by atoms with E-state index >= 15 is 0 Å². The Balaban J connectivity index is 0.00000220. The number of nitrogens with one attached hydrogen (secondary N) is 1. The number of likely N-dealkylation sites (N-methyl/N-ethyl adjacent to an activating group) is 1. The van der Waals surface area contributed by atoms with Crippen LogP contribution in [0.1, 0.15) is 18.4 Å². The van der Waals surface area contributed by atoms with E-state index in [4.69, 9.17) is 4.74 Å². The molecular formula is C16H25ClN2O2. The van der Waals surface area contributed by atoms with Crippen LogP contribution < -0.4 is 10.1 Å². The molecule has 1 aromatic rings. The summed E-state index contributed by atoms with van der Waals surface area (Å²) in [6.45, 7) is 5.12. The maximum Gasteiger partial charge on any atom is 0.225 e. The highest BCUT2D eigenvalue weighted by Gasteiger charge is 2.23. The van der Waals surface area contributed by atoms with Gasteiger partial charge in [-0.2, -0.15) is 0 Å². The molecule has 0 unspecified atom stereocenters. The number of carbonyl (C=O) groups is 1. The predicted octanol–water partition coefficient (Wildman–Crippen LogP) is 2.25. The second kappa shape index (κ2) is 8.90. The highest BCUT2D eigenvalue weighted by atomic mass is 35.5. The molecule has 1 aliphatic heterocycles. The molecule has 0 bridgehead atoms. The first-order chi connectivity index (χ1) is 9.66. The van der Waals surface area contributed by atoms with Crippen molar-refractivity contribution in [2.75, 3.05) is 33.3 Å². The van der Waals surface area contributed by atoms with Crippen LogP contribution in [0.2, 0.25) is 0 Å². The van der Waals surface area contributed by atoms with Crippen LogP contribution in [-0.2, 0) is 4.79 Å². The first-order valence-corrected chi connectivity index (χ1v) is 7.32. The largest absolute Gasteiger partial charge is 0.492 e. The Bertz CT molecular complexity index is 430. The van der Waals surface area contributed by atoms with Crippen LogP contribution in [0.3, 0.4) is 0 Å². The van der Waals surface area contributed by atoms with Gasteiger partial charge in [0.2, 0.25) is 5.91 Å². The molecule has 1 amide bonds. The Morgan fingerprint density at radius 3 is 2.52 bits per heavy atom. The van der Waals surface area contributed by atoms with E-state index in [-0.39, 0.29) is 24.2 Å². The van der Waals surface area contributed by atoms with Gasteiger partial charge >= 0.3 is 0 Å². The Labute approximate surface area is 133 Å². The number of halogens is 1. The lowest BCUT2D eigenvalue weighted by Gasteiger charge is -2.26. The summed E-state index contributed by atoms with van der Waals surface area (Å²) in [5.74, 6) is 1.29. The molecule has 2 rings (SSSR count). The zero-order valence-electron chi connectivity index (χ0n) is 12.8. The summed E-state index contributed by atoms with van der Waals surface area (Å²) in [4.78, 5) is 14.0. The summed E-state index contributed by atoms with van der Waals surface area (Å²) in [6, 6.07) is 7.98. The van der Waals surface area contributed by atoms with Crippen LogP contribution in [0.5, 0.6) is 5.75 Å². The molecule has 1 aromatic carbocycles. The summed E-state index contributed by atoms with van der Waals surface area (Å²) in [6.07, 6.45) is 1.89. The van der Waals surface area contributed by atoms with Crippen molar-refractivity contribution < 1.29 is 9.53 Å². The lowest BCUT2D eigenvalue weighted by Crippen LogP contribution is -2.40. The molecule has 118 valence electrons. The molecule has 0 aliphatic carbocycles. The SMILES string of the molecule is Cc1ccc(OCCN(C)C(=O)C2CCNCC2)cc1.Cl. The number of benzene rings is 1. The molecule has 0 radical (unpaired) electrons.